The van der Waals surface area contributed by atoms with Crippen molar-refractivity contribution >= 4 is 23.4 Å². The van der Waals surface area contributed by atoms with E-state index in [0.717, 1.165) is 36.0 Å². The van der Waals surface area contributed by atoms with Crippen molar-refractivity contribution < 1.29 is 22.7 Å². The summed E-state index contributed by atoms with van der Waals surface area (Å²) in [5, 5.41) is 2.65. The van der Waals surface area contributed by atoms with Crippen molar-refractivity contribution in [3.8, 4) is 5.75 Å². The van der Waals surface area contributed by atoms with Gasteiger partial charge in [0.1, 0.15) is 11.4 Å². The molecule has 2 heterocycles. The lowest BCUT2D eigenvalue weighted by Crippen LogP contribution is -2.26. The topological polar surface area (TPSA) is 51.2 Å². The molecule has 0 saturated heterocycles. The van der Waals surface area contributed by atoms with E-state index in [1.165, 1.54) is 6.07 Å². The van der Waals surface area contributed by atoms with Gasteiger partial charge in [0.05, 0.1) is 21.5 Å². The summed E-state index contributed by atoms with van der Waals surface area (Å²) < 4.78 is 43.7. The Morgan fingerprint density at radius 1 is 1.30 bits per heavy atom. The average Bonchev–Trinajstić information content (AvgIpc) is 2.89. The molecular weight excluding hydrogens is 377 g/mol. The normalized spacial score (nSPS) is 16.4. The third-order valence-electron chi connectivity index (χ3n) is 4.08. The van der Waals surface area contributed by atoms with Crippen LogP contribution in [0.4, 0.5) is 18.9 Å². The van der Waals surface area contributed by atoms with Crippen LogP contribution in [0.3, 0.4) is 0 Å². The second kappa shape index (κ2) is 7.07. The van der Waals surface area contributed by atoms with Crippen molar-refractivity contribution in [3.63, 3.8) is 0 Å². The number of hydrogen-bond acceptors (Lipinski definition) is 4. The van der Waals surface area contributed by atoms with Gasteiger partial charge in [-0.25, -0.2) is 4.98 Å². The van der Waals surface area contributed by atoms with Crippen LogP contribution in [-0.2, 0) is 17.4 Å². The minimum absolute atomic E-state index is 0.275. The van der Waals surface area contributed by atoms with Crippen LogP contribution < -0.4 is 10.1 Å². The molecule has 1 N–H and O–H groups in total. The zero-order valence-corrected chi connectivity index (χ0v) is 15.9. The Morgan fingerprint density at radius 3 is 2.67 bits per heavy atom. The molecule has 4 nitrogen and oxygen atoms in total. The number of nitrogens with zero attached hydrogens (tertiary/aromatic N) is 1. The first kappa shape index (κ1) is 19.5. The summed E-state index contributed by atoms with van der Waals surface area (Å²) >= 11 is 1.09. The summed E-state index contributed by atoms with van der Waals surface area (Å²) in [6.07, 6.45) is -2.90. The number of thioether (sulfide) groups is 1. The maximum Gasteiger partial charge on any atom is 0.417 e. The van der Waals surface area contributed by atoms with E-state index in [1.54, 1.807) is 13.0 Å². The Morgan fingerprint density at radius 2 is 2.04 bits per heavy atom. The van der Waals surface area contributed by atoms with Gasteiger partial charge in [-0.15, -0.1) is 0 Å². The van der Waals surface area contributed by atoms with Crippen LogP contribution in [0.5, 0.6) is 5.75 Å². The Bertz CT molecular complexity index is 851. The van der Waals surface area contributed by atoms with Gasteiger partial charge >= 0.3 is 6.18 Å². The lowest BCUT2D eigenvalue weighted by Gasteiger charge is -2.19. The highest BCUT2D eigenvalue weighted by atomic mass is 32.2. The molecular formula is C19H19F3N2O2S. The molecule has 1 atom stereocenters. The quantitative estimate of drug-likeness (QED) is 0.745. The minimum Gasteiger partial charge on any atom is -0.485 e. The van der Waals surface area contributed by atoms with E-state index in [1.807, 2.05) is 26.0 Å². The van der Waals surface area contributed by atoms with Crippen LogP contribution in [0, 0.1) is 0 Å². The van der Waals surface area contributed by atoms with Gasteiger partial charge in [-0.2, -0.15) is 13.2 Å². The zero-order chi connectivity index (χ0) is 19.8. The number of alkyl halides is 3. The van der Waals surface area contributed by atoms with E-state index in [-0.39, 0.29) is 11.5 Å². The number of aromatic nitrogens is 1. The van der Waals surface area contributed by atoms with Gasteiger partial charge in [-0.3, -0.25) is 4.79 Å². The van der Waals surface area contributed by atoms with E-state index in [4.69, 9.17) is 4.74 Å². The zero-order valence-electron chi connectivity index (χ0n) is 15.1. The number of hydrogen-bond donors (Lipinski definition) is 1. The van der Waals surface area contributed by atoms with Crippen molar-refractivity contribution in [2.75, 3.05) is 5.32 Å². The highest BCUT2D eigenvalue weighted by Crippen LogP contribution is 2.40. The molecule has 1 aliphatic rings. The molecule has 0 spiro atoms. The second-order valence-electron chi connectivity index (χ2n) is 6.96. The molecule has 1 aromatic heterocycles. The number of carbonyl (C=O) groups is 1. The predicted molar refractivity (Wildman–Crippen MR) is 98.0 cm³/mol. The minimum atomic E-state index is -4.43. The predicted octanol–water partition coefficient (Wildman–Crippen LogP) is 4.93. The molecule has 8 heteroatoms. The van der Waals surface area contributed by atoms with Crippen molar-refractivity contribution in [3.05, 3.63) is 47.7 Å². The van der Waals surface area contributed by atoms with Crippen LogP contribution in [0.25, 0.3) is 0 Å². The standard InChI is InChI=1S/C19H19F3N2O2S/c1-11(27-15-8-7-13(10-23-15)19(20,21)22)17(25)24-14-6-4-5-12-9-18(2,3)26-16(12)14/h4-8,10-11H,9H2,1-3H3,(H,24,25). The lowest BCUT2D eigenvalue weighted by molar-refractivity contribution is -0.137. The fourth-order valence-corrected chi connectivity index (χ4v) is 3.59. The maximum atomic E-state index is 12.6. The first-order valence-corrected chi connectivity index (χ1v) is 9.25. The summed E-state index contributed by atoms with van der Waals surface area (Å²) in [5.74, 6) is 0.393. The molecule has 1 aliphatic heterocycles. The van der Waals surface area contributed by atoms with Gasteiger partial charge in [0.2, 0.25) is 5.91 Å². The molecule has 27 heavy (non-hydrogen) atoms. The average molecular weight is 396 g/mol. The molecule has 2 aromatic rings. The van der Waals surface area contributed by atoms with E-state index in [9.17, 15) is 18.0 Å². The molecule has 0 saturated carbocycles. The number of pyridine rings is 1. The monoisotopic (exact) mass is 396 g/mol. The number of anilines is 1. The van der Waals surface area contributed by atoms with E-state index < -0.39 is 17.0 Å². The van der Waals surface area contributed by atoms with Gasteiger partial charge in [0.25, 0.3) is 0 Å². The molecule has 0 fully saturated rings. The van der Waals surface area contributed by atoms with Crippen molar-refractivity contribution in [2.45, 2.75) is 49.2 Å². The molecule has 1 unspecified atom stereocenters. The number of fused-ring (bicyclic) bond motifs is 1. The van der Waals surface area contributed by atoms with Crippen LogP contribution in [-0.4, -0.2) is 21.7 Å². The van der Waals surface area contributed by atoms with Crippen LogP contribution in [0.15, 0.2) is 41.6 Å². The van der Waals surface area contributed by atoms with Gasteiger partial charge < -0.3 is 10.1 Å². The van der Waals surface area contributed by atoms with Gasteiger partial charge in [-0.1, -0.05) is 23.9 Å². The van der Waals surface area contributed by atoms with E-state index >= 15 is 0 Å². The summed E-state index contributed by atoms with van der Waals surface area (Å²) in [5.41, 5.74) is 0.482. The Balaban J connectivity index is 1.67. The molecule has 144 valence electrons. The SMILES string of the molecule is CC(Sc1ccc(C(F)(F)F)cn1)C(=O)Nc1cccc2c1OC(C)(C)C2. The molecule has 1 aromatic carbocycles. The fraction of sp³-hybridized carbons (Fsp3) is 0.368. The maximum absolute atomic E-state index is 12.6. The number of ether oxygens (including phenoxy) is 1. The number of halogens is 3. The summed E-state index contributed by atoms with van der Waals surface area (Å²) in [6.45, 7) is 5.63. The fourth-order valence-electron chi connectivity index (χ4n) is 2.80. The molecule has 0 bridgehead atoms. The smallest absolute Gasteiger partial charge is 0.417 e. The summed E-state index contributed by atoms with van der Waals surface area (Å²) in [6, 6.07) is 7.81. The Kier molecular flexibility index (Phi) is 5.12. The highest BCUT2D eigenvalue weighted by molar-refractivity contribution is 8.00. The summed E-state index contributed by atoms with van der Waals surface area (Å²) in [7, 11) is 0. The number of amides is 1. The lowest BCUT2D eigenvalue weighted by atomic mass is 10.0. The first-order valence-electron chi connectivity index (χ1n) is 8.37. The Labute approximate surface area is 159 Å². The van der Waals surface area contributed by atoms with Crippen molar-refractivity contribution in [1.82, 2.24) is 4.98 Å². The van der Waals surface area contributed by atoms with E-state index in [0.29, 0.717) is 16.5 Å². The van der Waals surface area contributed by atoms with Crippen LogP contribution in [0.2, 0.25) is 0 Å². The second-order valence-corrected chi connectivity index (χ2v) is 8.33. The van der Waals surface area contributed by atoms with Crippen molar-refractivity contribution in [2.24, 2.45) is 0 Å². The number of rotatable bonds is 4. The third-order valence-corrected chi connectivity index (χ3v) is 5.13. The van der Waals surface area contributed by atoms with Gasteiger partial charge in [-0.05, 0) is 39.0 Å². The van der Waals surface area contributed by atoms with Gasteiger partial charge in [0, 0.05) is 18.2 Å². The van der Waals surface area contributed by atoms with Gasteiger partial charge in [0.15, 0.2) is 0 Å². The number of carbonyl (C=O) groups excluding carboxylic acids is 1. The third kappa shape index (κ3) is 4.55. The Hall–Kier alpha value is -2.22. The largest absolute Gasteiger partial charge is 0.485 e. The molecule has 0 aliphatic carbocycles. The molecule has 1 amide bonds. The van der Waals surface area contributed by atoms with Crippen molar-refractivity contribution in [1.29, 1.82) is 0 Å². The van der Waals surface area contributed by atoms with Crippen LogP contribution in [0.1, 0.15) is 31.9 Å². The first-order chi connectivity index (χ1) is 12.5. The number of para-hydroxylation sites is 1. The molecule has 3 rings (SSSR count). The number of nitrogens with one attached hydrogen (secondary N) is 1. The van der Waals surface area contributed by atoms with Crippen LogP contribution >= 0.6 is 11.8 Å². The van der Waals surface area contributed by atoms with E-state index in [2.05, 4.69) is 10.3 Å². The summed E-state index contributed by atoms with van der Waals surface area (Å²) in [4.78, 5) is 16.3. The number of benzene rings is 1. The highest BCUT2D eigenvalue weighted by Gasteiger charge is 2.33. The molecule has 0 radical (unpaired) electrons.